The van der Waals surface area contributed by atoms with Crippen LogP contribution in [0, 0.1) is 13.8 Å². The molecule has 0 amide bonds. The van der Waals surface area contributed by atoms with Crippen LogP contribution in [0.15, 0.2) is 48.7 Å². The number of nitrogens with zero attached hydrogens (tertiary/aromatic N) is 2. The van der Waals surface area contributed by atoms with Gasteiger partial charge in [-0.25, -0.2) is 14.8 Å². The van der Waals surface area contributed by atoms with Crippen LogP contribution in [0.2, 0.25) is 0 Å². The van der Waals surface area contributed by atoms with Crippen LogP contribution in [0.3, 0.4) is 0 Å². The van der Waals surface area contributed by atoms with Crippen molar-refractivity contribution < 1.29 is 14.3 Å². The van der Waals surface area contributed by atoms with Crippen molar-refractivity contribution in [3.63, 3.8) is 0 Å². The molecule has 2 aromatic carbocycles. The van der Waals surface area contributed by atoms with Gasteiger partial charge in [0.05, 0.1) is 31.2 Å². The molecule has 1 heterocycles. The largest absolute Gasteiger partial charge is 0.495 e. The van der Waals surface area contributed by atoms with Crippen molar-refractivity contribution in [1.29, 1.82) is 0 Å². The molecular weight excluding hydrogens is 392 g/mol. The average molecular weight is 418 g/mol. The number of nitrogens with one attached hydrogen (secondary N) is 1. The number of aryl methyl sites for hydroxylation is 2. The van der Waals surface area contributed by atoms with Gasteiger partial charge >= 0.3 is 5.97 Å². The number of aromatic nitrogens is 2. The Hall–Kier alpha value is -3.87. The van der Waals surface area contributed by atoms with Crippen molar-refractivity contribution in [3.8, 4) is 5.75 Å². The maximum atomic E-state index is 11.8. The van der Waals surface area contributed by atoms with Gasteiger partial charge in [-0.15, -0.1) is 0 Å². The second kappa shape index (κ2) is 9.30. The molecule has 3 aromatic rings. The summed E-state index contributed by atoms with van der Waals surface area (Å²) < 4.78 is 10.3. The zero-order valence-electron chi connectivity index (χ0n) is 18.3. The Labute approximate surface area is 181 Å². The molecule has 0 bridgehead atoms. The number of anilines is 3. The molecular formula is C24H26N4O3. The van der Waals surface area contributed by atoms with Crippen molar-refractivity contribution in [2.75, 3.05) is 25.3 Å². The van der Waals surface area contributed by atoms with Crippen LogP contribution in [0.5, 0.6) is 5.75 Å². The highest BCUT2D eigenvalue weighted by atomic mass is 16.5. The quantitative estimate of drug-likeness (QED) is 0.443. The molecule has 31 heavy (non-hydrogen) atoms. The number of hydrogen-bond donors (Lipinski definition) is 2. The molecule has 0 saturated heterocycles. The summed E-state index contributed by atoms with van der Waals surface area (Å²) in [6, 6.07) is 11.0. The van der Waals surface area contributed by atoms with Crippen LogP contribution in [0.1, 0.15) is 39.7 Å². The Bertz CT molecular complexity index is 1160. The molecule has 0 atom stereocenters. The smallest absolute Gasteiger partial charge is 0.337 e. The molecule has 0 aliphatic heterocycles. The highest BCUT2D eigenvalue weighted by molar-refractivity contribution is 5.91. The highest BCUT2D eigenvalue weighted by Crippen LogP contribution is 2.32. The highest BCUT2D eigenvalue weighted by Gasteiger charge is 2.14. The van der Waals surface area contributed by atoms with E-state index in [2.05, 4.69) is 15.3 Å². The number of ether oxygens (including phenoxy) is 2. The standard InChI is InChI=1S/C24H26N4O3/c1-6-17(18-8-7-16(11-14(18)2)23(29)31-5)20-9-10-26-24(27-20)28-21-13-19(25)15(3)12-22(21)30-4/h6-13H,25H2,1-5H3,(H,26,27,28)/b17-6+. The zero-order valence-corrected chi connectivity index (χ0v) is 18.3. The third-order valence-electron chi connectivity index (χ3n) is 4.99. The second-order valence-electron chi connectivity index (χ2n) is 7.02. The summed E-state index contributed by atoms with van der Waals surface area (Å²) in [7, 11) is 2.97. The SMILES string of the molecule is C/C=C(/c1ccnc(Nc2cc(N)c(C)cc2OC)n1)c1ccc(C(=O)OC)cc1C. The molecule has 0 saturated carbocycles. The first-order chi connectivity index (χ1) is 14.9. The maximum Gasteiger partial charge on any atom is 0.337 e. The van der Waals surface area contributed by atoms with Gasteiger partial charge in [0.25, 0.3) is 0 Å². The number of allylic oxidation sites excluding steroid dienone is 1. The van der Waals surface area contributed by atoms with Gasteiger partial charge in [0.1, 0.15) is 5.75 Å². The summed E-state index contributed by atoms with van der Waals surface area (Å²) in [5.41, 5.74) is 12.4. The van der Waals surface area contributed by atoms with E-state index in [1.807, 2.05) is 51.1 Å². The molecule has 0 fully saturated rings. The summed E-state index contributed by atoms with van der Waals surface area (Å²) in [4.78, 5) is 20.8. The van der Waals surface area contributed by atoms with Crippen LogP contribution in [-0.4, -0.2) is 30.2 Å². The molecule has 7 heteroatoms. The normalized spacial score (nSPS) is 11.2. The number of benzene rings is 2. The van der Waals surface area contributed by atoms with E-state index in [1.54, 1.807) is 25.4 Å². The first-order valence-corrected chi connectivity index (χ1v) is 9.78. The minimum Gasteiger partial charge on any atom is -0.495 e. The molecule has 0 radical (unpaired) electrons. The van der Waals surface area contributed by atoms with E-state index >= 15 is 0 Å². The number of esters is 1. The van der Waals surface area contributed by atoms with Crippen molar-refractivity contribution in [3.05, 3.63) is 76.6 Å². The Balaban J connectivity index is 1.96. The lowest BCUT2D eigenvalue weighted by Crippen LogP contribution is -2.05. The Morgan fingerprint density at radius 3 is 2.52 bits per heavy atom. The number of methoxy groups -OCH3 is 2. The van der Waals surface area contributed by atoms with Gasteiger partial charge in [-0.3, -0.25) is 0 Å². The van der Waals surface area contributed by atoms with Crippen molar-refractivity contribution in [2.45, 2.75) is 20.8 Å². The maximum absolute atomic E-state index is 11.8. The molecule has 0 spiro atoms. The molecule has 3 rings (SSSR count). The molecule has 0 aliphatic carbocycles. The van der Waals surface area contributed by atoms with Crippen LogP contribution in [0.25, 0.3) is 5.57 Å². The third kappa shape index (κ3) is 4.66. The predicted molar refractivity (Wildman–Crippen MR) is 123 cm³/mol. The van der Waals surface area contributed by atoms with Gasteiger partial charge in [0, 0.05) is 17.5 Å². The van der Waals surface area contributed by atoms with Gasteiger partial charge in [-0.2, -0.15) is 0 Å². The lowest BCUT2D eigenvalue weighted by Gasteiger charge is -2.14. The minimum absolute atomic E-state index is 0.364. The van der Waals surface area contributed by atoms with E-state index in [9.17, 15) is 4.79 Å². The number of carbonyl (C=O) groups is 1. The second-order valence-corrected chi connectivity index (χ2v) is 7.02. The fourth-order valence-corrected chi connectivity index (χ4v) is 3.31. The third-order valence-corrected chi connectivity index (χ3v) is 4.99. The summed E-state index contributed by atoms with van der Waals surface area (Å²) in [5.74, 6) is 0.708. The van der Waals surface area contributed by atoms with E-state index < -0.39 is 0 Å². The molecule has 7 nitrogen and oxygen atoms in total. The van der Waals surface area contributed by atoms with Crippen molar-refractivity contribution in [1.82, 2.24) is 9.97 Å². The lowest BCUT2D eigenvalue weighted by atomic mass is 9.96. The topological polar surface area (TPSA) is 99.4 Å². The molecule has 160 valence electrons. The van der Waals surface area contributed by atoms with Gasteiger partial charge in [-0.1, -0.05) is 12.1 Å². The summed E-state index contributed by atoms with van der Waals surface area (Å²) >= 11 is 0. The molecule has 0 unspecified atom stereocenters. The molecule has 0 aliphatic rings. The number of carbonyl (C=O) groups excluding carboxylic acids is 1. The first kappa shape index (κ1) is 21.8. The lowest BCUT2D eigenvalue weighted by molar-refractivity contribution is 0.0600. The van der Waals surface area contributed by atoms with E-state index in [0.29, 0.717) is 28.6 Å². The van der Waals surface area contributed by atoms with E-state index in [4.69, 9.17) is 15.2 Å². The van der Waals surface area contributed by atoms with Gasteiger partial charge in [0.2, 0.25) is 5.95 Å². The van der Waals surface area contributed by atoms with Gasteiger partial charge in [-0.05, 0) is 67.8 Å². The Morgan fingerprint density at radius 1 is 1.10 bits per heavy atom. The van der Waals surface area contributed by atoms with Crippen LogP contribution in [0.4, 0.5) is 17.3 Å². The van der Waals surface area contributed by atoms with E-state index in [1.165, 1.54) is 7.11 Å². The van der Waals surface area contributed by atoms with E-state index in [-0.39, 0.29) is 5.97 Å². The predicted octanol–water partition coefficient (Wildman–Crippen LogP) is 4.67. The minimum atomic E-state index is -0.364. The van der Waals surface area contributed by atoms with Gasteiger partial charge < -0.3 is 20.5 Å². The van der Waals surface area contributed by atoms with Crippen LogP contribution >= 0.6 is 0 Å². The number of hydrogen-bond acceptors (Lipinski definition) is 7. The summed E-state index contributed by atoms with van der Waals surface area (Å²) in [6.07, 6.45) is 3.67. The number of rotatable bonds is 6. The van der Waals surface area contributed by atoms with Crippen LogP contribution in [-0.2, 0) is 4.74 Å². The number of nitrogens with two attached hydrogens (primary N) is 1. The molecule has 3 N–H and O–H groups in total. The fraction of sp³-hybridized carbons (Fsp3) is 0.208. The fourth-order valence-electron chi connectivity index (χ4n) is 3.31. The Morgan fingerprint density at radius 2 is 1.87 bits per heavy atom. The zero-order chi connectivity index (χ0) is 22.5. The van der Waals surface area contributed by atoms with Crippen LogP contribution < -0.4 is 15.8 Å². The monoisotopic (exact) mass is 418 g/mol. The Kier molecular flexibility index (Phi) is 6.55. The van der Waals surface area contributed by atoms with Gasteiger partial charge in [0.15, 0.2) is 0 Å². The van der Waals surface area contributed by atoms with Crippen molar-refractivity contribution in [2.24, 2.45) is 0 Å². The summed E-state index contributed by atoms with van der Waals surface area (Å²) in [5, 5.41) is 3.19. The van der Waals surface area contributed by atoms with Crippen molar-refractivity contribution >= 4 is 28.9 Å². The molecule has 1 aromatic heterocycles. The first-order valence-electron chi connectivity index (χ1n) is 9.78. The average Bonchev–Trinajstić information content (AvgIpc) is 2.77. The van der Waals surface area contributed by atoms with E-state index in [0.717, 1.165) is 28.0 Å². The summed E-state index contributed by atoms with van der Waals surface area (Å²) in [6.45, 7) is 5.82. The number of nitrogen functional groups attached to an aromatic ring is 1.